The van der Waals surface area contributed by atoms with E-state index in [1.165, 1.54) is 20.9 Å². The van der Waals surface area contributed by atoms with Gasteiger partial charge in [0.1, 0.15) is 0 Å². The van der Waals surface area contributed by atoms with E-state index < -0.39 is 0 Å². The van der Waals surface area contributed by atoms with Crippen LogP contribution in [-0.4, -0.2) is 14.6 Å². The molecular weight excluding hydrogens is 292 g/mol. The maximum absolute atomic E-state index is 9.10. The van der Waals surface area contributed by atoms with Gasteiger partial charge in [0, 0.05) is 9.79 Å². The lowest BCUT2D eigenvalue weighted by atomic mass is 10.1. The van der Waals surface area contributed by atoms with Gasteiger partial charge in [0.2, 0.25) is 0 Å². The van der Waals surface area contributed by atoms with Crippen molar-refractivity contribution >= 4 is 26.7 Å². The second-order valence-electron chi connectivity index (χ2n) is 4.63. The minimum absolute atomic E-state index is 0.137. The summed E-state index contributed by atoms with van der Waals surface area (Å²) in [4.78, 5) is 11.6. The van der Waals surface area contributed by atoms with E-state index in [9.17, 15) is 0 Å². The van der Waals surface area contributed by atoms with Gasteiger partial charge in [-0.05, 0) is 40.6 Å². The maximum Gasteiger partial charge on any atom is 0.265 e. The fourth-order valence-corrected chi connectivity index (χ4v) is 3.23. The standard InChI is InChI=1S/C18H14OSSi/c19-21-18-12-8-15(9-13-18)14-6-10-17(11-7-14)20-16-4-2-1-3-5-16/h1-13,19H. The van der Waals surface area contributed by atoms with Gasteiger partial charge >= 0.3 is 0 Å². The second kappa shape index (κ2) is 6.76. The van der Waals surface area contributed by atoms with Crippen molar-refractivity contribution in [3.05, 3.63) is 78.9 Å². The Morgan fingerprint density at radius 3 is 1.71 bits per heavy atom. The molecule has 2 radical (unpaired) electrons. The van der Waals surface area contributed by atoms with Gasteiger partial charge in [-0.2, -0.15) is 0 Å². The summed E-state index contributed by atoms with van der Waals surface area (Å²) in [5, 5.41) is 0.968. The number of hydrogen-bond acceptors (Lipinski definition) is 2. The lowest BCUT2D eigenvalue weighted by Gasteiger charge is -2.05. The molecule has 0 amide bonds. The Morgan fingerprint density at radius 1 is 0.619 bits per heavy atom. The van der Waals surface area contributed by atoms with E-state index in [2.05, 4.69) is 60.7 Å². The summed E-state index contributed by atoms with van der Waals surface area (Å²) in [5.74, 6) is 0. The summed E-state index contributed by atoms with van der Waals surface area (Å²) in [7, 11) is -0.137. The molecule has 0 bridgehead atoms. The van der Waals surface area contributed by atoms with E-state index in [1.807, 2.05) is 18.2 Å². The predicted octanol–water partition coefficient (Wildman–Crippen LogP) is 3.74. The van der Waals surface area contributed by atoms with Crippen LogP contribution in [0.1, 0.15) is 0 Å². The molecule has 1 N–H and O–H groups in total. The third-order valence-corrected chi connectivity index (χ3v) is 4.79. The third-order valence-electron chi connectivity index (χ3n) is 3.18. The largest absolute Gasteiger partial charge is 0.428 e. The zero-order chi connectivity index (χ0) is 14.5. The topological polar surface area (TPSA) is 20.2 Å². The van der Waals surface area contributed by atoms with Gasteiger partial charge in [-0.3, -0.25) is 0 Å². The van der Waals surface area contributed by atoms with Crippen LogP contribution in [0.5, 0.6) is 0 Å². The van der Waals surface area contributed by atoms with Gasteiger partial charge in [0.15, 0.2) is 0 Å². The number of rotatable bonds is 4. The minimum atomic E-state index is -0.137. The molecule has 0 spiro atoms. The molecule has 0 aliphatic carbocycles. The number of benzene rings is 3. The Hall–Kier alpha value is -1.81. The van der Waals surface area contributed by atoms with E-state index >= 15 is 0 Å². The van der Waals surface area contributed by atoms with Crippen LogP contribution in [0.4, 0.5) is 0 Å². The minimum Gasteiger partial charge on any atom is -0.428 e. The van der Waals surface area contributed by atoms with Crippen LogP contribution in [0.15, 0.2) is 88.7 Å². The molecule has 3 rings (SSSR count). The molecule has 3 aromatic rings. The van der Waals surface area contributed by atoms with Crippen LogP contribution in [0.3, 0.4) is 0 Å². The first-order valence-corrected chi connectivity index (χ1v) is 8.45. The molecule has 0 saturated heterocycles. The first kappa shape index (κ1) is 14.1. The summed E-state index contributed by atoms with van der Waals surface area (Å²) < 4.78 is 0. The maximum atomic E-state index is 9.10. The van der Waals surface area contributed by atoms with Crippen molar-refractivity contribution in [3.63, 3.8) is 0 Å². The highest BCUT2D eigenvalue weighted by Crippen LogP contribution is 2.29. The van der Waals surface area contributed by atoms with E-state index in [4.69, 9.17) is 4.80 Å². The van der Waals surface area contributed by atoms with Crippen LogP contribution in [0, 0.1) is 0 Å². The molecule has 102 valence electrons. The average molecular weight is 306 g/mol. The Balaban J connectivity index is 1.77. The van der Waals surface area contributed by atoms with Crippen molar-refractivity contribution in [2.75, 3.05) is 0 Å². The van der Waals surface area contributed by atoms with E-state index in [-0.39, 0.29) is 9.76 Å². The van der Waals surface area contributed by atoms with Gasteiger partial charge < -0.3 is 4.80 Å². The molecule has 0 aromatic heterocycles. The fraction of sp³-hybridized carbons (Fsp3) is 0. The van der Waals surface area contributed by atoms with E-state index in [0.29, 0.717) is 0 Å². The molecule has 3 aromatic carbocycles. The van der Waals surface area contributed by atoms with Crippen molar-refractivity contribution in [1.82, 2.24) is 0 Å². The van der Waals surface area contributed by atoms with Crippen LogP contribution < -0.4 is 5.19 Å². The molecule has 1 nitrogen and oxygen atoms in total. The average Bonchev–Trinajstić information content (AvgIpc) is 2.57. The van der Waals surface area contributed by atoms with Gasteiger partial charge in [0.25, 0.3) is 9.76 Å². The summed E-state index contributed by atoms with van der Waals surface area (Å²) >= 11 is 1.77. The third kappa shape index (κ3) is 3.64. The second-order valence-corrected chi connectivity index (χ2v) is 6.58. The van der Waals surface area contributed by atoms with Crippen molar-refractivity contribution in [2.24, 2.45) is 0 Å². The van der Waals surface area contributed by atoms with Crippen molar-refractivity contribution in [3.8, 4) is 11.1 Å². The van der Waals surface area contributed by atoms with Crippen molar-refractivity contribution < 1.29 is 4.80 Å². The molecule has 0 unspecified atom stereocenters. The normalized spacial score (nSPS) is 10.5. The molecule has 0 aliphatic heterocycles. The lowest BCUT2D eigenvalue weighted by Crippen LogP contribution is -2.11. The van der Waals surface area contributed by atoms with E-state index in [1.54, 1.807) is 11.8 Å². The Kier molecular flexibility index (Phi) is 4.55. The molecule has 3 heteroatoms. The van der Waals surface area contributed by atoms with E-state index in [0.717, 1.165) is 5.19 Å². The molecule has 0 aliphatic rings. The molecule has 0 saturated carbocycles. The monoisotopic (exact) mass is 306 g/mol. The van der Waals surface area contributed by atoms with Gasteiger partial charge in [-0.15, -0.1) is 0 Å². The van der Waals surface area contributed by atoms with Gasteiger partial charge in [-0.25, -0.2) is 0 Å². The highest BCUT2D eigenvalue weighted by atomic mass is 32.2. The van der Waals surface area contributed by atoms with Gasteiger partial charge in [-0.1, -0.05) is 66.4 Å². The summed E-state index contributed by atoms with van der Waals surface area (Å²) in [6.45, 7) is 0. The molecule has 0 atom stereocenters. The Morgan fingerprint density at radius 2 is 1.14 bits per heavy atom. The van der Waals surface area contributed by atoms with Gasteiger partial charge in [0.05, 0.1) is 0 Å². The van der Waals surface area contributed by atoms with Crippen LogP contribution in [0.2, 0.25) is 0 Å². The number of hydrogen-bond donors (Lipinski definition) is 1. The molecule has 0 heterocycles. The van der Waals surface area contributed by atoms with Crippen LogP contribution >= 0.6 is 11.8 Å². The van der Waals surface area contributed by atoms with Crippen LogP contribution in [-0.2, 0) is 0 Å². The summed E-state index contributed by atoms with van der Waals surface area (Å²) in [5.41, 5.74) is 2.37. The highest BCUT2D eigenvalue weighted by molar-refractivity contribution is 7.99. The summed E-state index contributed by atoms with van der Waals surface area (Å²) in [6, 6.07) is 27.0. The zero-order valence-corrected chi connectivity index (χ0v) is 13.2. The SMILES string of the molecule is O[Si]c1ccc(-c2ccc(Sc3ccccc3)cc2)cc1. The first-order valence-electron chi connectivity index (χ1n) is 6.69. The predicted molar refractivity (Wildman–Crippen MR) is 90.0 cm³/mol. The fourth-order valence-electron chi connectivity index (χ4n) is 2.08. The molecule has 21 heavy (non-hydrogen) atoms. The van der Waals surface area contributed by atoms with Crippen LogP contribution in [0.25, 0.3) is 11.1 Å². The molecular formula is C18H14OSSi. The van der Waals surface area contributed by atoms with Crippen molar-refractivity contribution in [2.45, 2.75) is 9.79 Å². The Bertz CT molecular complexity index is 694. The quantitative estimate of drug-likeness (QED) is 0.741. The smallest absolute Gasteiger partial charge is 0.265 e. The first-order chi connectivity index (χ1) is 10.3. The Labute approximate surface area is 131 Å². The summed E-state index contributed by atoms with van der Waals surface area (Å²) in [6.07, 6.45) is 0. The lowest BCUT2D eigenvalue weighted by molar-refractivity contribution is 0.615. The zero-order valence-electron chi connectivity index (χ0n) is 11.4. The molecule has 0 fully saturated rings. The van der Waals surface area contributed by atoms with Crippen molar-refractivity contribution in [1.29, 1.82) is 0 Å². The highest BCUT2D eigenvalue weighted by Gasteiger charge is 2.00.